The molecule has 0 aliphatic heterocycles. The van der Waals surface area contributed by atoms with Crippen LogP contribution in [0.15, 0.2) is 22.7 Å². The summed E-state index contributed by atoms with van der Waals surface area (Å²) in [7, 11) is 1.50. The number of carboxylic acid groups (broad SMARTS) is 1. The van der Waals surface area contributed by atoms with E-state index in [9.17, 15) is 14.7 Å². The minimum Gasteiger partial charge on any atom is -0.495 e. The van der Waals surface area contributed by atoms with Gasteiger partial charge in [-0.3, -0.25) is 0 Å². The number of anilines is 1. The standard InChI is InChI=1S/C14H17BrN2O4/c1-14(12(18)19,8-3-4-8)17-13(20)16-10-7-9(15)5-6-11(10)21-2/h5-8H,3-4H2,1-2H3,(H,18,19)(H2,16,17,20). The lowest BCUT2D eigenvalue weighted by molar-refractivity contribution is -0.144. The van der Waals surface area contributed by atoms with Crippen molar-refractivity contribution in [3.8, 4) is 5.75 Å². The highest BCUT2D eigenvalue weighted by atomic mass is 79.9. The van der Waals surface area contributed by atoms with Gasteiger partial charge in [-0.25, -0.2) is 9.59 Å². The van der Waals surface area contributed by atoms with Gasteiger partial charge < -0.3 is 20.5 Å². The predicted octanol–water partition coefficient (Wildman–Crippen LogP) is 2.83. The number of aliphatic carboxylic acids is 1. The summed E-state index contributed by atoms with van der Waals surface area (Å²) in [6.07, 6.45) is 1.62. The Hall–Kier alpha value is -1.76. The smallest absolute Gasteiger partial charge is 0.329 e. The molecule has 0 aromatic heterocycles. The number of carboxylic acids is 1. The highest BCUT2D eigenvalue weighted by Gasteiger charge is 2.48. The van der Waals surface area contributed by atoms with E-state index in [4.69, 9.17) is 4.74 Å². The third-order valence-electron chi connectivity index (χ3n) is 3.62. The van der Waals surface area contributed by atoms with Crippen LogP contribution in [0.2, 0.25) is 0 Å². The Morgan fingerprint density at radius 1 is 1.43 bits per heavy atom. The molecule has 0 spiro atoms. The van der Waals surface area contributed by atoms with E-state index in [0.717, 1.165) is 17.3 Å². The molecule has 0 heterocycles. The van der Waals surface area contributed by atoms with Crippen molar-refractivity contribution in [2.24, 2.45) is 5.92 Å². The Morgan fingerprint density at radius 2 is 2.10 bits per heavy atom. The molecule has 1 saturated carbocycles. The van der Waals surface area contributed by atoms with Crippen LogP contribution < -0.4 is 15.4 Å². The molecular weight excluding hydrogens is 340 g/mol. The zero-order valence-corrected chi connectivity index (χ0v) is 13.4. The van der Waals surface area contributed by atoms with Crippen molar-refractivity contribution in [1.29, 1.82) is 0 Å². The summed E-state index contributed by atoms with van der Waals surface area (Å²) in [4.78, 5) is 23.5. The Bertz CT molecular complexity index is 574. The summed E-state index contributed by atoms with van der Waals surface area (Å²) in [6.45, 7) is 1.53. The lowest BCUT2D eigenvalue weighted by Gasteiger charge is -2.26. The maximum Gasteiger partial charge on any atom is 0.329 e. The third-order valence-corrected chi connectivity index (χ3v) is 4.11. The molecule has 6 nitrogen and oxygen atoms in total. The molecule has 1 atom stereocenters. The molecule has 0 radical (unpaired) electrons. The van der Waals surface area contributed by atoms with Crippen molar-refractivity contribution >= 4 is 33.6 Å². The van der Waals surface area contributed by atoms with Gasteiger partial charge in [0, 0.05) is 4.47 Å². The summed E-state index contributed by atoms with van der Waals surface area (Å²) < 4.78 is 5.94. The van der Waals surface area contributed by atoms with E-state index >= 15 is 0 Å². The number of ether oxygens (including phenoxy) is 1. The fourth-order valence-electron chi connectivity index (χ4n) is 2.16. The van der Waals surface area contributed by atoms with E-state index < -0.39 is 17.5 Å². The van der Waals surface area contributed by atoms with E-state index in [2.05, 4.69) is 26.6 Å². The monoisotopic (exact) mass is 356 g/mol. The molecule has 0 bridgehead atoms. The molecule has 1 aliphatic carbocycles. The number of hydrogen-bond donors (Lipinski definition) is 3. The maximum atomic E-state index is 12.1. The van der Waals surface area contributed by atoms with Gasteiger partial charge in [0.05, 0.1) is 12.8 Å². The summed E-state index contributed by atoms with van der Waals surface area (Å²) in [5.74, 6) is -0.552. The third kappa shape index (κ3) is 3.47. The first-order valence-electron chi connectivity index (χ1n) is 6.53. The number of benzene rings is 1. The zero-order chi connectivity index (χ0) is 15.6. The van der Waals surface area contributed by atoms with Gasteiger partial charge in [-0.2, -0.15) is 0 Å². The van der Waals surface area contributed by atoms with Crippen molar-refractivity contribution < 1.29 is 19.4 Å². The van der Waals surface area contributed by atoms with Gasteiger partial charge in [-0.1, -0.05) is 15.9 Å². The number of carbonyl (C=O) groups excluding carboxylic acids is 1. The number of hydrogen-bond acceptors (Lipinski definition) is 3. The molecule has 0 saturated heterocycles. The van der Waals surface area contributed by atoms with Crippen LogP contribution in [0.5, 0.6) is 5.75 Å². The predicted molar refractivity (Wildman–Crippen MR) is 81.6 cm³/mol. The second-order valence-corrected chi connectivity index (χ2v) is 6.12. The van der Waals surface area contributed by atoms with Gasteiger partial charge in [-0.15, -0.1) is 0 Å². The van der Waals surface area contributed by atoms with Gasteiger partial charge >= 0.3 is 12.0 Å². The number of rotatable bonds is 5. The summed E-state index contributed by atoms with van der Waals surface area (Å²) in [6, 6.07) is 4.61. The number of halogens is 1. The number of carbonyl (C=O) groups is 2. The van der Waals surface area contributed by atoms with E-state index in [0.29, 0.717) is 11.4 Å². The first-order chi connectivity index (χ1) is 9.86. The molecule has 1 aromatic carbocycles. The first kappa shape index (κ1) is 15.6. The number of methoxy groups -OCH3 is 1. The van der Waals surface area contributed by atoms with Crippen LogP contribution in [0.25, 0.3) is 0 Å². The van der Waals surface area contributed by atoms with Gasteiger partial charge in [0.2, 0.25) is 0 Å². The lowest BCUT2D eigenvalue weighted by Crippen LogP contribution is -2.55. The fourth-order valence-corrected chi connectivity index (χ4v) is 2.52. The highest BCUT2D eigenvalue weighted by molar-refractivity contribution is 9.10. The molecule has 1 fully saturated rings. The maximum absolute atomic E-state index is 12.1. The first-order valence-corrected chi connectivity index (χ1v) is 7.32. The number of urea groups is 1. The molecule has 1 unspecified atom stereocenters. The van der Waals surface area contributed by atoms with Gasteiger partial charge in [-0.05, 0) is 43.9 Å². The van der Waals surface area contributed by atoms with Gasteiger partial charge in [0.1, 0.15) is 11.3 Å². The van der Waals surface area contributed by atoms with Crippen LogP contribution in [-0.4, -0.2) is 29.8 Å². The molecule has 2 amide bonds. The summed E-state index contributed by atoms with van der Waals surface area (Å²) in [5.41, 5.74) is -0.781. The summed E-state index contributed by atoms with van der Waals surface area (Å²) in [5, 5.41) is 14.5. The number of amides is 2. The zero-order valence-electron chi connectivity index (χ0n) is 11.8. The van der Waals surface area contributed by atoms with Crippen LogP contribution >= 0.6 is 15.9 Å². The molecular formula is C14H17BrN2O4. The lowest BCUT2D eigenvalue weighted by atomic mass is 9.96. The van der Waals surface area contributed by atoms with Gasteiger partial charge in [0.15, 0.2) is 0 Å². The highest BCUT2D eigenvalue weighted by Crippen LogP contribution is 2.39. The summed E-state index contributed by atoms with van der Waals surface area (Å²) >= 11 is 3.31. The quantitative estimate of drug-likeness (QED) is 0.756. The normalized spacial score (nSPS) is 16.7. The van der Waals surface area contributed by atoms with Crippen LogP contribution in [0.3, 0.4) is 0 Å². The topological polar surface area (TPSA) is 87.7 Å². The van der Waals surface area contributed by atoms with E-state index in [1.807, 2.05) is 0 Å². The van der Waals surface area contributed by atoms with Crippen molar-refractivity contribution in [3.63, 3.8) is 0 Å². The Morgan fingerprint density at radius 3 is 2.62 bits per heavy atom. The van der Waals surface area contributed by atoms with Crippen LogP contribution in [-0.2, 0) is 4.79 Å². The van der Waals surface area contributed by atoms with E-state index in [1.165, 1.54) is 14.0 Å². The molecule has 1 aromatic rings. The molecule has 7 heteroatoms. The van der Waals surface area contributed by atoms with E-state index in [1.54, 1.807) is 18.2 Å². The molecule has 2 rings (SSSR count). The van der Waals surface area contributed by atoms with Crippen LogP contribution in [0, 0.1) is 5.92 Å². The Balaban J connectivity index is 2.11. The SMILES string of the molecule is COc1ccc(Br)cc1NC(=O)NC(C)(C(=O)O)C1CC1. The Kier molecular flexibility index (Phi) is 4.41. The van der Waals surface area contributed by atoms with Crippen molar-refractivity contribution in [1.82, 2.24) is 5.32 Å². The van der Waals surface area contributed by atoms with Crippen LogP contribution in [0.1, 0.15) is 19.8 Å². The largest absolute Gasteiger partial charge is 0.495 e. The Labute approximate surface area is 131 Å². The minimum absolute atomic E-state index is 0.0230. The second kappa shape index (κ2) is 5.93. The van der Waals surface area contributed by atoms with Crippen LogP contribution in [0.4, 0.5) is 10.5 Å². The number of nitrogens with one attached hydrogen (secondary N) is 2. The molecule has 114 valence electrons. The second-order valence-electron chi connectivity index (χ2n) is 5.21. The molecule has 1 aliphatic rings. The molecule has 3 N–H and O–H groups in total. The van der Waals surface area contributed by atoms with Gasteiger partial charge in [0.25, 0.3) is 0 Å². The van der Waals surface area contributed by atoms with Crippen molar-refractivity contribution in [2.75, 3.05) is 12.4 Å². The van der Waals surface area contributed by atoms with E-state index in [-0.39, 0.29) is 5.92 Å². The minimum atomic E-state index is -1.25. The van der Waals surface area contributed by atoms with Crippen molar-refractivity contribution in [3.05, 3.63) is 22.7 Å². The fraction of sp³-hybridized carbons (Fsp3) is 0.429. The molecule has 21 heavy (non-hydrogen) atoms. The average molecular weight is 357 g/mol. The average Bonchev–Trinajstić information content (AvgIpc) is 3.23. The van der Waals surface area contributed by atoms with Crippen molar-refractivity contribution in [2.45, 2.75) is 25.3 Å².